The fourth-order valence-electron chi connectivity index (χ4n) is 4.41. The molecule has 1 fully saturated rings. The number of halogens is 4. The maximum Gasteiger partial charge on any atom is 0.416 e. The molecule has 1 saturated heterocycles. The predicted octanol–water partition coefficient (Wildman–Crippen LogP) is 6.45. The highest BCUT2D eigenvalue weighted by Gasteiger charge is 2.33. The van der Waals surface area contributed by atoms with Crippen LogP contribution >= 0.6 is 11.6 Å². The van der Waals surface area contributed by atoms with E-state index in [0.29, 0.717) is 31.2 Å². The molecule has 0 bridgehead atoms. The third-order valence-electron chi connectivity index (χ3n) is 6.16. The molecule has 1 aliphatic heterocycles. The van der Waals surface area contributed by atoms with Crippen molar-refractivity contribution >= 4 is 17.7 Å². The smallest absolute Gasteiger partial charge is 0.416 e. The molecule has 3 aromatic rings. The monoisotopic (exact) mass is 502 g/mol. The molecule has 1 atom stereocenters. The number of ether oxygens (including phenoxy) is 1. The van der Waals surface area contributed by atoms with Gasteiger partial charge in [-0.25, -0.2) is 4.79 Å². The number of rotatable bonds is 6. The fourth-order valence-corrected chi connectivity index (χ4v) is 4.54. The van der Waals surface area contributed by atoms with E-state index in [2.05, 4.69) is 17.0 Å². The van der Waals surface area contributed by atoms with E-state index in [9.17, 15) is 18.0 Å². The van der Waals surface area contributed by atoms with Gasteiger partial charge in [-0.2, -0.15) is 13.2 Å². The highest BCUT2D eigenvalue weighted by atomic mass is 35.5. The Bertz CT molecular complexity index is 1120. The number of hydrogen-bond donors (Lipinski definition) is 0. The van der Waals surface area contributed by atoms with Crippen LogP contribution in [0.4, 0.5) is 18.0 Å². The summed E-state index contributed by atoms with van der Waals surface area (Å²) in [5.74, 6) is 0. The van der Waals surface area contributed by atoms with Crippen LogP contribution in [0, 0.1) is 0 Å². The molecule has 1 heterocycles. The Hall–Kier alpha value is -3.03. The first-order chi connectivity index (χ1) is 16.8. The Morgan fingerprint density at radius 2 is 1.46 bits per heavy atom. The van der Waals surface area contributed by atoms with Gasteiger partial charge in [0.15, 0.2) is 0 Å². The summed E-state index contributed by atoms with van der Waals surface area (Å²) >= 11 is 6.09. The van der Waals surface area contributed by atoms with Crippen LogP contribution in [0.25, 0.3) is 0 Å². The Morgan fingerprint density at radius 1 is 0.857 bits per heavy atom. The summed E-state index contributed by atoms with van der Waals surface area (Å²) in [5.41, 5.74) is 1.68. The molecule has 0 radical (unpaired) electrons. The lowest BCUT2D eigenvalue weighted by atomic mass is 9.96. The van der Waals surface area contributed by atoms with Crippen LogP contribution in [0.3, 0.4) is 0 Å². The molecule has 4 nitrogen and oxygen atoms in total. The first-order valence-electron chi connectivity index (χ1n) is 11.4. The average molecular weight is 503 g/mol. The highest BCUT2D eigenvalue weighted by molar-refractivity contribution is 6.30. The molecule has 1 aliphatic rings. The SMILES string of the molecule is O=C(OCCc1ccccc1C(F)(F)F)N1CCN(C(c2ccccc2)c2ccc(Cl)cc2)CC1. The summed E-state index contributed by atoms with van der Waals surface area (Å²) in [5, 5.41) is 0.672. The zero-order valence-corrected chi connectivity index (χ0v) is 19.8. The summed E-state index contributed by atoms with van der Waals surface area (Å²) in [7, 11) is 0. The van der Waals surface area contributed by atoms with Crippen molar-refractivity contribution in [1.82, 2.24) is 9.80 Å². The number of carbonyl (C=O) groups is 1. The second-order valence-electron chi connectivity index (χ2n) is 8.41. The summed E-state index contributed by atoms with van der Waals surface area (Å²) in [6.07, 6.45) is -4.93. The summed E-state index contributed by atoms with van der Waals surface area (Å²) in [6, 6.07) is 23.3. The van der Waals surface area contributed by atoms with Crippen LogP contribution in [-0.4, -0.2) is 48.7 Å². The molecular weight excluding hydrogens is 477 g/mol. The van der Waals surface area contributed by atoms with E-state index in [1.165, 1.54) is 12.1 Å². The molecule has 0 saturated carbocycles. The molecule has 35 heavy (non-hydrogen) atoms. The van der Waals surface area contributed by atoms with Crippen molar-refractivity contribution in [3.05, 3.63) is 106 Å². The van der Waals surface area contributed by atoms with Crippen molar-refractivity contribution in [2.24, 2.45) is 0 Å². The van der Waals surface area contributed by atoms with E-state index < -0.39 is 17.8 Å². The van der Waals surface area contributed by atoms with Crippen molar-refractivity contribution in [3.63, 3.8) is 0 Å². The van der Waals surface area contributed by atoms with Gasteiger partial charge in [0.2, 0.25) is 0 Å². The molecule has 1 amide bonds. The Morgan fingerprint density at radius 3 is 2.11 bits per heavy atom. The summed E-state index contributed by atoms with van der Waals surface area (Å²) in [4.78, 5) is 16.5. The first kappa shape index (κ1) is 25.1. The van der Waals surface area contributed by atoms with Crippen LogP contribution < -0.4 is 0 Å². The molecule has 1 unspecified atom stereocenters. The normalized spacial score (nSPS) is 15.6. The van der Waals surface area contributed by atoms with Gasteiger partial charge in [0.25, 0.3) is 0 Å². The fraction of sp³-hybridized carbons (Fsp3) is 0.296. The van der Waals surface area contributed by atoms with Crippen molar-refractivity contribution in [2.75, 3.05) is 32.8 Å². The van der Waals surface area contributed by atoms with Crippen LogP contribution in [0.1, 0.15) is 28.3 Å². The van der Waals surface area contributed by atoms with Gasteiger partial charge in [-0.3, -0.25) is 4.90 Å². The Balaban J connectivity index is 1.35. The van der Waals surface area contributed by atoms with Crippen LogP contribution in [0.2, 0.25) is 5.02 Å². The third-order valence-corrected chi connectivity index (χ3v) is 6.41. The van der Waals surface area contributed by atoms with Gasteiger partial charge >= 0.3 is 12.3 Å². The van der Waals surface area contributed by atoms with Gasteiger partial charge in [0.1, 0.15) is 0 Å². The van der Waals surface area contributed by atoms with E-state index in [1.807, 2.05) is 42.5 Å². The molecule has 0 aromatic heterocycles. The van der Waals surface area contributed by atoms with Crippen molar-refractivity contribution in [2.45, 2.75) is 18.6 Å². The lowest BCUT2D eigenvalue weighted by Gasteiger charge is -2.39. The lowest BCUT2D eigenvalue weighted by Crippen LogP contribution is -2.50. The summed E-state index contributed by atoms with van der Waals surface area (Å²) < 4.78 is 44.8. The molecule has 0 aliphatic carbocycles. The van der Waals surface area contributed by atoms with E-state index in [1.54, 1.807) is 11.0 Å². The molecular formula is C27H26ClF3N2O2. The van der Waals surface area contributed by atoms with E-state index in [4.69, 9.17) is 16.3 Å². The number of hydrogen-bond acceptors (Lipinski definition) is 3. The standard InChI is InChI=1S/C27H26ClF3N2O2/c28-23-12-10-22(11-13-23)25(21-7-2-1-3-8-21)32-15-17-33(18-16-32)26(34)35-19-14-20-6-4-5-9-24(20)27(29,30)31/h1-13,25H,14-19H2. The van der Waals surface area contributed by atoms with E-state index >= 15 is 0 Å². The van der Waals surface area contributed by atoms with Gasteiger partial charge in [-0.1, -0.05) is 72.3 Å². The zero-order valence-electron chi connectivity index (χ0n) is 19.0. The maximum absolute atomic E-state index is 13.2. The second-order valence-corrected chi connectivity index (χ2v) is 8.84. The average Bonchev–Trinajstić information content (AvgIpc) is 2.86. The second kappa shape index (κ2) is 11.1. The number of carbonyl (C=O) groups excluding carboxylic acids is 1. The highest BCUT2D eigenvalue weighted by Crippen LogP contribution is 2.32. The number of alkyl halides is 3. The van der Waals surface area contributed by atoms with Gasteiger partial charge in [0.05, 0.1) is 18.2 Å². The molecule has 8 heteroatoms. The molecule has 0 N–H and O–H groups in total. The minimum absolute atomic E-state index is 0.00797. The van der Waals surface area contributed by atoms with E-state index in [-0.39, 0.29) is 24.6 Å². The largest absolute Gasteiger partial charge is 0.449 e. The van der Waals surface area contributed by atoms with Gasteiger partial charge in [-0.05, 0) is 34.9 Å². The topological polar surface area (TPSA) is 32.8 Å². The van der Waals surface area contributed by atoms with E-state index in [0.717, 1.165) is 17.2 Å². The Kier molecular flexibility index (Phi) is 7.98. The molecule has 0 spiro atoms. The van der Waals surface area contributed by atoms with Crippen molar-refractivity contribution in [3.8, 4) is 0 Å². The number of amides is 1. The first-order valence-corrected chi connectivity index (χ1v) is 11.8. The van der Waals surface area contributed by atoms with Gasteiger partial charge in [0, 0.05) is 37.6 Å². The minimum Gasteiger partial charge on any atom is -0.449 e. The number of benzene rings is 3. The number of piperazine rings is 1. The quantitative estimate of drug-likeness (QED) is 0.388. The van der Waals surface area contributed by atoms with Gasteiger partial charge in [-0.15, -0.1) is 0 Å². The zero-order chi connectivity index (χ0) is 24.8. The summed E-state index contributed by atoms with van der Waals surface area (Å²) in [6.45, 7) is 2.09. The minimum atomic E-state index is -4.43. The molecule has 3 aromatic carbocycles. The van der Waals surface area contributed by atoms with Crippen molar-refractivity contribution < 1.29 is 22.7 Å². The predicted molar refractivity (Wildman–Crippen MR) is 129 cm³/mol. The maximum atomic E-state index is 13.2. The van der Waals surface area contributed by atoms with Crippen LogP contribution in [0.15, 0.2) is 78.9 Å². The molecule has 184 valence electrons. The third kappa shape index (κ3) is 6.35. The van der Waals surface area contributed by atoms with Crippen LogP contribution in [0.5, 0.6) is 0 Å². The number of nitrogens with zero attached hydrogens (tertiary/aromatic N) is 2. The Labute approximate surface area is 207 Å². The van der Waals surface area contributed by atoms with Crippen molar-refractivity contribution in [1.29, 1.82) is 0 Å². The van der Waals surface area contributed by atoms with Crippen LogP contribution in [-0.2, 0) is 17.3 Å². The van der Waals surface area contributed by atoms with Gasteiger partial charge < -0.3 is 9.64 Å². The lowest BCUT2D eigenvalue weighted by molar-refractivity contribution is -0.138. The molecule has 4 rings (SSSR count).